The maximum Gasteiger partial charge on any atom is 0.257 e. The minimum absolute atomic E-state index is 0.0138. The number of aromatic amines is 1. The Kier molecular flexibility index (Phi) is 6.67. The quantitative estimate of drug-likeness (QED) is 0.628. The van der Waals surface area contributed by atoms with Crippen molar-refractivity contribution in [3.8, 4) is 5.75 Å². The SMILES string of the molecule is COc1ccc(CN2CCC[C@H](c3[nH]ncc3C(=O)N(C)Cc3ccccc3)C2)cc1. The van der Waals surface area contributed by atoms with Crippen LogP contribution in [0, 0.1) is 0 Å². The molecule has 0 aliphatic carbocycles. The fraction of sp³-hybridized carbons (Fsp3) is 0.360. The molecule has 1 atom stereocenters. The molecule has 1 N–H and O–H groups in total. The first-order valence-electron chi connectivity index (χ1n) is 10.8. The minimum Gasteiger partial charge on any atom is -0.497 e. The van der Waals surface area contributed by atoms with Gasteiger partial charge in [-0.05, 0) is 42.6 Å². The van der Waals surface area contributed by atoms with Gasteiger partial charge in [-0.1, -0.05) is 42.5 Å². The van der Waals surface area contributed by atoms with E-state index in [1.807, 2.05) is 49.5 Å². The summed E-state index contributed by atoms with van der Waals surface area (Å²) in [4.78, 5) is 17.4. The second kappa shape index (κ2) is 9.79. The van der Waals surface area contributed by atoms with Crippen LogP contribution in [0.15, 0.2) is 60.8 Å². The molecule has 0 saturated carbocycles. The van der Waals surface area contributed by atoms with E-state index in [1.165, 1.54) is 5.56 Å². The number of benzene rings is 2. The van der Waals surface area contributed by atoms with Gasteiger partial charge in [-0.3, -0.25) is 14.8 Å². The van der Waals surface area contributed by atoms with Crippen LogP contribution < -0.4 is 4.74 Å². The maximum atomic E-state index is 13.1. The number of likely N-dealkylation sites (tertiary alicyclic amines) is 1. The van der Waals surface area contributed by atoms with Crippen molar-refractivity contribution in [2.24, 2.45) is 0 Å². The highest BCUT2D eigenvalue weighted by atomic mass is 16.5. The number of carbonyl (C=O) groups excluding carboxylic acids is 1. The van der Waals surface area contributed by atoms with Crippen molar-refractivity contribution in [3.63, 3.8) is 0 Å². The lowest BCUT2D eigenvalue weighted by atomic mass is 9.92. The Hall–Kier alpha value is -3.12. The lowest BCUT2D eigenvalue weighted by Crippen LogP contribution is -2.35. The Balaban J connectivity index is 1.42. The van der Waals surface area contributed by atoms with E-state index in [0.717, 1.165) is 49.5 Å². The molecule has 1 amide bonds. The zero-order chi connectivity index (χ0) is 21.6. The molecule has 31 heavy (non-hydrogen) atoms. The third-order valence-corrected chi connectivity index (χ3v) is 5.99. The van der Waals surface area contributed by atoms with Crippen LogP contribution in [-0.2, 0) is 13.1 Å². The van der Waals surface area contributed by atoms with Gasteiger partial charge in [0.1, 0.15) is 5.75 Å². The van der Waals surface area contributed by atoms with Crippen molar-refractivity contribution < 1.29 is 9.53 Å². The highest BCUT2D eigenvalue weighted by Crippen LogP contribution is 2.29. The van der Waals surface area contributed by atoms with Crippen LogP contribution in [-0.4, -0.2) is 53.2 Å². The molecule has 0 spiro atoms. The Bertz CT molecular complexity index is 984. The predicted molar refractivity (Wildman–Crippen MR) is 121 cm³/mol. The van der Waals surface area contributed by atoms with Crippen LogP contribution in [0.4, 0.5) is 0 Å². The van der Waals surface area contributed by atoms with E-state index in [-0.39, 0.29) is 11.8 Å². The van der Waals surface area contributed by atoms with Crippen LogP contribution in [0.25, 0.3) is 0 Å². The highest BCUT2D eigenvalue weighted by molar-refractivity contribution is 5.95. The summed E-state index contributed by atoms with van der Waals surface area (Å²) in [6.45, 7) is 3.45. The molecule has 0 radical (unpaired) electrons. The number of carbonyl (C=O) groups is 1. The average molecular weight is 419 g/mol. The first kappa shape index (κ1) is 21.1. The number of nitrogens with one attached hydrogen (secondary N) is 1. The molecule has 1 fully saturated rings. The molecule has 1 aliphatic rings. The van der Waals surface area contributed by atoms with Crippen LogP contribution >= 0.6 is 0 Å². The zero-order valence-corrected chi connectivity index (χ0v) is 18.3. The summed E-state index contributed by atoms with van der Waals surface area (Å²) in [6, 6.07) is 18.3. The fourth-order valence-corrected chi connectivity index (χ4v) is 4.34. The summed E-state index contributed by atoms with van der Waals surface area (Å²) in [5.74, 6) is 1.17. The average Bonchev–Trinajstić information content (AvgIpc) is 3.30. The van der Waals surface area contributed by atoms with Crippen molar-refractivity contribution >= 4 is 5.91 Å². The number of aromatic nitrogens is 2. The third-order valence-electron chi connectivity index (χ3n) is 5.99. The molecular weight excluding hydrogens is 388 g/mol. The fourth-order valence-electron chi connectivity index (χ4n) is 4.34. The van der Waals surface area contributed by atoms with Gasteiger partial charge in [0.25, 0.3) is 5.91 Å². The number of hydrogen-bond donors (Lipinski definition) is 1. The molecule has 0 bridgehead atoms. The number of methoxy groups -OCH3 is 1. The van der Waals surface area contributed by atoms with E-state index in [4.69, 9.17) is 4.74 Å². The molecule has 162 valence electrons. The molecule has 1 aliphatic heterocycles. The van der Waals surface area contributed by atoms with Crippen molar-refractivity contribution in [2.75, 3.05) is 27.2 Å². The Morgan fingerprint density at radius 1 is 1.16 bits per heavy atom. The molecular formula is C25H30N4O2. The Morgan fingerprint density at radius 3 is 2.68 bits per heavy atom. The van der Waals surface area contributed by atoms with E-state index in [2.05, 4.69) is 27.2 Å². The Labute approximate surface area is 183 Å². The number of nitrogens with zero attached hydrogens (tertiary/aromatic N) is 3. The van der Waals surface area contributed by atoms with E-state index in [0.29, 0.717) is 12.1 Å². The van der Waals surface area contributed by atoms with Crippen LogP contribution in [0.1, 0.15) is 45.9 Å². The van der Waals surface area contributed by atoms with E-state index in [1.54, 1.807) is 18.2 Å². The lowest BCUT2D eigenvalue weighted by molar-refractivity contribution is 0.0782. The molecule has 1 aromatic heterocycles. The van der Waals surface area contributed by atoms with E-state index >= 15 is 0 Å². The minimum atomic E-state index is 0.0138. The summed E-state index contributed by atoms with van der Waals surface area (Å²) in [6.07, 6.45) is 3.85. The molecule has 2 aromatic carbocycles. The number of ether oxygens (including phenoxy) is 1. The number of H-pyrrole nitrogens is 1. The van der Waals surface area contributed by atoms with Gasteiger partial charge in [-0.25, -0.2) is 0 Å². The summed E-state index contributed by atoms with van der Waals surface area (Å²) < 4.78 is 5.26. The molecule has 0 unspecified atom stereocenters. The second-order valence-electron chi connectivity index (χ2n) is 8.27. The lowest BCUT2D eigenvalue weighted by Gasteiger charge is -2.32. The Morgan fingerprint density at radius 2 is 1.94 bits per heavy atom. The smallest absolute Gasteiger partial charge is 0.257 e. The molecule has 3 aromatic rings. The van der Waals surface area contributed by atoms with Crippen molar-refractivity contribution in [1.29, 1.82) is 0 Å². The first-order valence-corrected chi connectivity index (χ1v) is 10.8. The molecule has 1 saturated heterocycles. The number of rotatable bonds is 7. The second-order valence-corrected chi connectivity index (χ2v) is 8.27. The first-order chi connectivity index (χ1) is 15.1. The van der Waals surface area contributed by atoms with Gasteiger partial charge < -0.3 is 9.64 Å². The molecule has 4 rings (SSSR count). The maximum absolute atomic E-state index is 13.1. The van der Waals surface area contributed by atoms with Gasteiger partial charge in [0.2, 0.25) is 0 Å². The van der Waals surface area contributed by atoms with Crippen molar-refractivity contribution in [1.82, 2.24) is 20.0 Å². The normalized spacial score (nSPS) is 16.8. The molecule has 2 heterocycles. The number of piperidine rings is 1. The van der Waals surface area contributed by atoms with Crippen LogP contribution in [0.5, 0.6) is 5.75 Å². The largest absolute Gasteiger partial charge is 0.497 e. The summed E-state index contributed by atoms with van der Waals surface area (Å²) >= 11 is 0. The topological polar surface area (TPSA) is 61.5 Å². The number of hydrogen-bond acceptors (Lipinski definition) is 4. The zero-order valence-electron chi connectivity index (χ0n) is 18.3. The van der Waals surface area contributed by atoms with E-state index < -0.39 is 0 Å². The van der Waals surface area contributed by atoms with Gasteiger partial charge in [0, 0.05) is 32.6 Å². The summed E-state index contributed by atoms with van der Waals surface area (Å²) in [5, 5.41) is 7.36. The summed E-state index contributed by atoms with van der Waals surface area (Å²) in [5.41, 5.74) is 4.04. The molecule has 6 nitrogen and oxygen atoms in total. The third kappa shape index (κ3) is 5.14. The molecule has 6 heteroatoms. The van der Waals surface area contributed by atoms with Crippen LogP contribution in [0.3, 0.4) is 0 Å². The van der Waals surface area contributed by atoms with Crippen LogP contribution in [0.2, 0.25) is 0 Å². The van der Waals surface area contributed by atoms with Gasteiger partial charge in [0.15, 0.2) is 0 Å². The monoisotopic (exact) mass is 418 g/mol. The van der Waals surface area contributed by atoms with Crippen molar-refractivity contribution in [3.05, 3.63) is 83.2 Å². The van der Waals surface area contributed by atoms with Crippen molar-refractivity contribution in [2.45, 2.75) is 31.8 Å². The van der Waals surface area contributed by atoms with Gasteiger partial charge in [0.05, 0.1) is 24.6 Å². The number of amides is 1. The highest BCUT2D eigenvalue weighted by Gasteiger charge is 2.28. The standard InChI is InChI=1S/C25H30N4O2/c1-28(16-19-7-4-3-5-8-19)25(30)23-15-26-27-24(23)21-9-6-14-29(18-21)17-20-10-12-22(31-2)13-11-20/h3-5,7-8,10-13,15,21H,6,9,14,16-18H2,1-2H3,(H,26,27)/t21-/m0/s1. The van der Waals surface area contributed by atoms with Gasteiger partial charge >= 0.3 is 0 Å². The summed E-state index contributed by atoms with van der Waals surface area (Å²) in [7, 11) is 3.54. The van der Waals surface area contributed by atoms with Gasteiger partial charge in [-0.15, -0.1) is 0 Å². The van der Waals surface area contributed by atoms with Gasteiger partial charge in [-0.2, -0.15) is 5.10 Å². The predicted octanol–water partition coefficient (Wildman–Crippen LogP) is 4.07. The van der Waals surface area contributed by atoms with E-state index in [9.17, 15) is 4.79 Å².